The number of benzene rings is 1. The Morgan fingerprint density at radius 2 is 1.93 bits per heavy atom. The molecule has 6 nitrogen and oxygen atoms in total. The summed E-state index contributed by atoms with van der Waals surface area (Å²) in [6.45, 7) is 7.60. The van der Waals surface area contributed by atoms with Gasteiger partial charge < -0.3 is 14.2 Å². The molecule has 1 fully saturated rings. The van der Waals surface area contributed by atoms with Crippen molar-refractivity contribution in [2.45, 2.75) is 58.6 Å². The first-order valence-electron chi connectivity index (χ1n) is 10.3. The fourth-order valence-corrected chi connectivity index (χ4v) is 3.13. The summed E-state index contributed by atoms with van der Waals surface area (Å²) in [7, 11) is 0. The molecule has 1 unspecified atom stereocenters. The third kappa shape index (κ3) is 7.77. The summed E-state index contributed by atoms with van der Waals surface area (Å²) in [6, 6.07) is 7.47. The lowest BCUT2D eigenvalue weighted by Gasteiger charge is -2.33. The van der Waals surface area contributed by atoms with Gasteiger partial charge in [0.1, 0.15) is 5.75 Å². The van der Waals surface area contributed by atoms with Crippen molar-refractivity contribution >= 4 is 11.8 Å². The molecule has 1 aliphatic rings. The molecule has 1 aromatic carbocycles. The van der Waals surface area contributed by atoms with Gasteiger partial charge in [-0.05, 0) is 38.3 Å². The number of rotatable bonds is 11. The Bertz CT molecular complexity index is 547. The summed E-state index contributed by atoms with van der Waals surface area (Å²) in [4.78, 5) is 14.7. The van der Waals surface area contributed by atoms with Crippen LogP contribution in [-0.2, 0) is 9.47 Å². The van der Waals surface area contributed by atoms with Crippen LogP contribution >= 0.6 is 0 Å². The molecule has 1 heterocycles. The van der Waals surface area contributed by atoms with E-state index in [0.29, 0.717) is 31.3 Å². The summed E-state index contributed by atoms with van der Waals surface area (Å²) in [6.07, 6.45) is 5.93. The predicted molar refractivity (Wildman–Crippen MR) is 107 cm³/mol. The van der Waals surface area contributed by atoms with Gasteiger partial charge in [0.2, 0.25) is 0 Å². The van der Waals surface area contributed by atoms with Crippen LogP contribution in [0.3, 0.4) is 0 Å². The van der Waals surface area contributed by atoms with Crippen LogP contribution in [0.5, 0.6) is 5.75 Å². The van der Waals surface area contributed by atoms with Crippen LogP contribution in [0.2, 0.25) is 0 Å². The molecule has 27 heavy (non-hydrogen) atoms. The van der Waals surface area contributed by atoms with E-state index >= 15 is 0 Å². The summed E-state index contributed by atoms with van der Waals surface area (Å²) in [5.74, 6) is 0.671. The van der Waals surface area contributed by atoms with Crippen LogP contribution < -0.4 is 10.1 Å². The molecule has 0 aliphatic carbocycles. The number of anilines is 1. The van der Waals surface area contributed by atoms with Crippen molar-refractivity contribution in [2.24, 2.45) is 0 Å². The Labute approximate surface area is 163 Å². The minimum absolute atomic E-state index is 0.358. The first-order chi connectivity index (χ1) is 13.2. The van der Waals surface area contributed by atoms with Crippen LogP contribution in [0.25, 0.3) is 0 Å². The highest BCUT2D eigenvalue weighted by molar-refractivity contribution is 5.86. The van der Waals surface area contributed by atoms with Gasteiger partial charge in [0.25, 0.3) is 0 Å². The van der Waals surface area contributed by atoms with Gasteiger partial charge in [0, 0.05) is 19.7 Å². The lowest BCUT2D eigenvalue weighted by Crippen LogP contribution is -2.45. The zero-order valence-electron chi connectivity index (χ0n) is 16.7. The maximum Gasteiger partial charge on any atom is 0.413 e. The molecule has 0 bridgehead atoms. The second-order valence-corrected chi connectivity index (χ2v) is 6.79. The van der Waals surface area contributed by atoms with Crippen molar-refractivity contribution in [3.05, 3.63) is 24.3 Å². The number of ether oxygens (including phenoxy) is 3. The van der Waals surface area contributed by atoms with Gasteiger partial charge in [-0.3, -0.25) is 10.2 Å². The summed E-state index contributed by atoms with van der Waals surface area (Å²) in [5.41, 5.74) is 0.632. The molecule has 0 radical (unpaired) electrons. The first kappa shape index (κ1) is 21.5. The fourth-order valence-electron chi connectivity index (χ4n) is 3.13. The minimum Gasteiger partial charge on any atom is -0.491 e. The SMILES string of the molecule is CCCCCOc1ccccc1NC(=O)OC(COCC)N1CCCCC1. The average molecular weight is 379 g/mol. The number of hydrogen-bond donors (Lipinski definition) is 1. The van der Waals surface area contributed by atoms with Crippen LogP contribution in [0.15, 0.2) is 24.3 Å². The lowest BCUT2D eigenvalue weighted by atomic mass is 10.1. The molecule has 1 aromatic rings. The van der Waals surface area contributed by atoms with Crippen molar-refractivity contribution in [1.82, 2.24) is 4.90 Å². The van der Waals surface area contributed by atoms with Crippen molar-refractivity contribution in [3.8, 4) is 5.75 Å². The highest BCUT2D eigenvalue weighted by Gasteiger charge is 2.24. The zero-order chi connectivity index (χ0) is 19.3. The van der Waals surface area contributed by atoms with E-state index < -0.39 is 6.09 Å². The maximum absolute atomic E-state index is 12.5. The third-order valence-corrected chi connectivity index (χ3v) is 4.63. The summed E-state index contributed by atoms with van der Waals surface area (Å²) >= 11 is 0. The Morgan fingerprint density at radius 3 is 2.67 bits per heavy atom. The predicted octanol–water partition coefficient (Wildman–Crippen LogP) is 4.65. The van der Waals surface area contributed by atoms with E-state index in [1.165, 1.54) is 6.42 Å². The van der Waals surface area contributed by atoms with E-state index in [9.17, 15) is 4.79 Å². The number of nitrogens with one attached hydrogen (secondary N) is 1. The third-order valence-electron chi connectivity index (χ3n) is 4.63. The largest absolute Gasteiger partial charge is 0.491 e. The molecule has 6 heteroatoms. The van der Waals surface area contributed by atoms with Crippen LogP contribution in [0.4, 0.5) is 10.5 Å². The van der Waals surface area contributed by atoms with Crippen molar-refractivity contribution in [2.75, 3.05) is 38.2 Å². The molecular weight excluding hydrogens is 344 g/mol. The number of piperidine rings is 1. The van der Waals surface area contributed by atoms with E-state index in [4.69, 9.17) is 14.2 Å². The molecule has 1 atom stereocenters. The standard InChI is InChI=1S/C21H34N2O4/c1-3-5-11-16-26-19-13-8-7-12-18(19)22-21(24)27-20(17-25-4-2)23-14-9-6-10-15-23/h7-8,12-13,20H,3-6,9-11,14-17H2,1-2H3,(H,22,24). The number of unbranched alkanes of at least 4 members (excludes halogenated alkanes) is 2. The maximum atomic E-state index is 12.5. The Morgan fingerprint density at radius 1 is 1.15 bits per heavy atom. The van der Waals surface area contributed by atoms with E-state index in [1.54, 1.807) is 0 Å². The van der Waals surface area contributed by atoms with E-state index in [2.05, 4.69) is 17.1 Å². The molecule has 1 saturated heterocycles. The normalized spacial score (nSPS) is 15.9. The van der Waals surface area contributed by atoms with Gasteiger partial charge in [-0.25, -0.2) is 4.79 Å². The highest BCUT2D eigenvalue weighted by atomic mass is 16.6. The van der Waals surface area contributed by atoms with Gasteiger partial charge in [0.15, 0.2) is 6.23 Å². The quantitative estimate of drug-likeness (QED) is 0.568. The Balaban J connectivity index is 1.91. The minimum atomic E-state index is -0.477. The molecule has 1 amide bonds. The molecule has 0 saturated carbocycles. The average Bonchev–Trinajstić information content (AvgIpc) is 2.70. The van der Waals surface area contributed by atoms with Crippen LogP contribution in [0, 0.1) is 0 Å². The summed E-state index contributed by atoms with van der Waals surface area (Å²) < 4.78 is 17.0. The van der Waals surface area contributed by atoms with Crippen molar-refractivity contribution in [3.63, 3.8) is 0 Å². The molecular formula is C21H34N2O4. The van der Waals surface area contributed by atoms with Crippen molar-refractivity contribution in [1.29, 1.82) is 0 Å². The molecule has 0 aromatic heterocycles. The van der Waals surface area contributed by atoms with Gasteiger partial charge in [-0.2, -0.15) is 0 Å². The summed E-state index contributed by atoms with van der Waals surface area (Å²) in [5, 5.41) is 2.83. The molecule has 152 valence electrons. The molecule has 0 spiro atoms. The van der Waals surface area contributed by atoms with Gasteiger partial charge >= 0.3 is 6.09 Å². The molecule has 1 N–H and O–H groups in total. The number of para-hydroxylation sites is 2. The van der Waals surface area contributed by atoms with Crippen LogP contribution in [0.1, 0.15) is 52.4 Å². The first-order valence-corrected chi connectivity index (χ1v) is 10.3. The Kier molecular flexibility index (Phi) is 10.0. The number of carbonyl (C=O) groups excluding carboxylic acids is 1. The van der Waals surface area contributed by atoms with E-state index in [1.807, 2.05) is 31.2 Å². The number of carbonyl (C=O) groups is 1. The number of likely N-dealkylation sites (tertiary alicyclic amines) is 1. The highest BCUT2D eigenvalue weighted by Crippen LogP contribution is 2.24. The zero-order valence-corrected chi connectivity index (χ0v) is 16.7. The topological polar surface area (TPSA) is 60.0 Å². The Hall–Kier alpha value is -1.79. The smallest absolute Gasteiger partial charge is 0.413 e. The van der Waals surface area contributed by atoms with Gasteiger partial charge in [-0.15, -0.1) is 0 Å². The lowest BCUT2D eigenvalue weighted by molar-refractivity contribution is -0.0664. The van der Waals surface area contributed by atoms with Crippen LogP contribution in [-0.4, -0.2) is 50.1 Å². The number of nitrogens with zero attached hydrogens (tertiary/aromatic N) is 1. The van der Waals surface area contributed by atoms with Gasteiger partial charge in [-0.1, -0.05) is 38.3 Å². The van der Waals surface area contributed by atoms with Gasteiger partial charge in [0.05, 0.1) is 18.9 Å². The second kappa shape index (κ2) is 12.6. The second-order valence-electron chi connectivity index (χ2n) is 6.79. The number of amides is 1. The van der Waals surface area contributed by atoms with Crippen molar-refractivity contribution < 1.29 is 19.0 Å². The van der Waals surface area contributed by atoms with E-state index in [0.717, 1.165) is 45.2 Å². The van der Waals surface area contributed by atoms with E-state index in [-0.39, 0.29) is 6.23 Å². The molecule has 1 aliphatic heterocycles. The fraction of sp³-hybridized carbons (Fsp3) is 0.667. The monoisotopic (exact) mass is 378 g/mol. The molecule has 2 rings (SSSR count). The number of hydrogen-bond acceptors (Lipinski definition) is 5.